The third kappa shape index (κ3) is 4.02. The van der Waals surface area contributed by atoms with Crippen LogP contribution in [0, 0.1) is 20.8 Å². The van der Waals surface area contributed by atoms with Crippen LogP contribution in [0.25, 0.3) is 11.0 Å². The molecule has 0 aliphatic heterocycles. The Kier molecular flexibility index (Phi) is 6.20. The highest BCUT2D eigenvalue weighted by Crippen LogP contribution is 2.31. The summed E-state index contributed by atoms with van der Waals surface area (Å²) in [6.07, 6.45) is 0. The molecular weight excluding hydrogens is 322 g/mol. The molecule has 6 heteroatoms. The Morgan fingerprint density at radius 2 is 1.84 bits per heavy atom. The van der Waals surface area contributed by atoms with Gasteiger partial charge in [0.25, 0.3) is 5.91 Å². The van der Waals surface area contributed by atoms with Crippen LogP contribution in [0.3, 0.4) is 0 Å². The number of fused-ring (bicyclic) bond motifs is 1. The van der Waals surface area contributed by atoms with Crippen LogP contribution >= 0.6 is 0 Å². The number of rotatable bonds is 7. The number of furan rings is 1. The summed E-state index contributed by atoms with van der Waals surface area (Å²) >= 11 is 0. The average molecular weight is 347 g/mol. The van der Waals surface area contributed by atoms with Gasteiger partial charge >= 0.3 is 5.97 Å². The van der Waals surface area contributed by atoms with Crippen LogP contribution in [0.5, 0.6) is 0 Å². The van der Waals surface area contributed by atoms with Gasteiger partial charge in [-0.15, -0.1) is 0 Å². The highest BCUT2D eigenvalue weighted by Gasteiger charge is 2.26. The average Bonchev–Trinajstić information content (AvgIpc) is 2.93. The molecule has 0 bridgehead atoms. The summed E-state index contributed by atoms with van der Waals surface area (Å²) in [7, 11) is 1.55. The first kappa shape index (κ1) is 19.0. The van der Waals surface area contributed by atoms with E-state index < -0.39 is 5.97 Å². The van der Waals surface area contributed by atoms with Crippen molar-refractivity contribution in [3.05, 3.63) is 34.6 Å². The van der Waals surface area contributed by atoms with Crippen molar-refractivity contribution in [3.63, 3.8) is 0 Å². The number of carbonyl (C=O) groups excluding carboxylic acids is 2. The lowest BCUT2D eigenvalue weighted by atomic mass is 10.0. The minimum absolute atomic E-state index is 0.134. The third-order valence-corrected chi connectivity index (χ3v) is 4.15. The van der Waals surface area contributed by atoms with Gasteiger partial charge in [0.05, 0.1) is 13.2 Å². The number of ether oxygens (including phenoxy) is 2. The number of methoxy groups -OCH3 is 1. The van der Waals surface area contributed by atoms with Crippen molar-refractivity contribution in [2.45, 2.75) is 27.7 Å². The highest BCUT2D eigenvalue weighted by atomic mass is 16.5. The molecule has 0 aliphatic rings. The summed E-state index contributed by atoms with van der Waals surface area (Å²) < 4.78 is 15.9. The Hall–Kier alpha value is -2.34. The zero-order valence-corrected chi connectivity index (χ0v) is 15.5. The van der Waals surface area contributed by atoms with Crippen LogP contribution < -0.4 is 0 Å². The van der Waals surface area contributed by atoms with Gasteiger partial charge in [-0.2, -0.15) is 0 Å². The van der Waals surface area contributed by atoms with E-state index in [0.717, 1.165) is 22.1 Å². The van der Waals surface area contributed by atoms with Crippen molar-refractivity contribution in [2.75, 3.05) is 33.4 Å². The van der Waals surface area contributed by atoms with E-state index in [-0.39, 0.29) is 31.4 Å². The Morgan fingerprint density at radius 1 is 1.16 bits per heavy atom. The van der Waals surface area contributed by atoms with Gasteiger partial charge in [-0.3, -0.25) is 9.59 Å². The molecule has 0 atom stereocenters. The SMILES string of the molecule is CCOC(=O)CN(CCOC)C(=O)c1oc2c(C)ccc(C)c2c1C. The summed E-state index contributed by atoms with van der Waals surface area (Å²) in [4.78, 5) is 26.2. The molecule has 0 spiro atoms. The van der Waals surface area contributed by atoms with Crippen molar-refractivity contribution < 1.29 is 23.5 Å². The first-order valence-electron chi connectivity index (χ1n) is 8.33. The van der Waals surface area contributed by atoms with Crippen molar-refractivity contribution in [2.24, 2.45) is 0 Å². The molecule has 136 valence electrons. The van der Waals surface area contributed by atoms with Gasteiger partial charge in [-0.1, -0.05) is 12.1 Å². The molecule has 6 nitrogen and oxygen atoms in total. The molecule has 0 N–H and O–H groups in total. The number of hydrogen-bond donors (Lipinski definition) is 0. The fourth-order valence-electron chi connectivity index (χ4n) is 2.84. The molecule has 0 unspecified atom stereocenters. The maximum absolute atomic E-state index is 13.0. The van der Waals surface area contributed by atoms with Crippen molar-refractivity contribution in [3.8, 4) is 0 Å². The molecule has 1 aromatic heterocycles. The van der Waals surface area contributed by atoms with E-state index in [0.29, 0.717) is 12.2 Å². The largest absolute Gasteiger partial charge is 0.465 e. The maximum Gasteiger partial charge on any atom is 0.325 e. The maximum atomic E-state index is 13.0. The quantitative estimate of drug-likeness (QED) is 0.720. The fourth-order valence-corrected chi connectivity index (χ4v) is 2.84. The summed E-state index contributed by atoms with van der Waals surface area (Å²) in [6.45, 7) is 8.27. The van der Waals surface area contributed by atoms with Gasteiger partial charge in [0, 0.05) is 24.6 Å². The molecule has 2 aromatic rings. The van der Waals surface area contributed by atoms with E-state index in [1.807, 2.05) is 32.9 Å². The summed E-state index contributed by atoms with van der Waals surface area (Å²) in [5, 5.41) is 0.950. The molecular formula is C19H25NO5. The number of hydrogen-bond acceptors (Lipinski definition) is 5. The predicted octanol–water partition coefficient (Wildman–Crippen LogP) is 3.01. The van der Waals surface area contributed by atoms with E-state index in [9.17, 15) is 9.59 Å². The van der Waals surface area contributed by atoms with Gasteiger partial charge in [0.1, 0.15) is 12.1 Å². The normalized spacial score (nSPS) is 10.9. The van der Waals surface area contributed by atoms with Crippen LogP contribution in [-0.4, -0.2) is 50.2 Å². The number of benzene rings is 1. The Bertz CT molecular complexity index is 778. The van der Waals surface area contributed by atoms with Gasteiger partial charge in [0.15, 0.2) is 5.76 Å². The molecule has 1 heterocycles. The second-order valence-electron chi connectivity index (χ2n) is 5.98. The predicted molar refractivity (Wildman–Crippen MR) is 94.8 cm³/mol. The number of carbonyl (C=O) groups is 2. The minimum Gasteiger partial charge on any atom is -0.465 e. The monoisotopic (exact) mass is 347 g/mol. The standard InChI is InChI=1S/C19H25NO5/c1-6-24-15(21)11-20(9-10-23-5)19(22)18-14(4)16-12(2)7-8-13(3)17(16)25-18/h7-8H,6,9-11H2,1-5H3. The van der Waals surface area contributed by atoms with Crippen molar-refractivity contribution >= 4 is 22.8 Å². The van der Waals surface area contributed by atoms with Crippen LogP contribution in [-0.2, 0) is 14.3 Å². The third-order valence-electron chi connectivity index (χ3n) is 4.15. The summed E-state index contributed by atoms with van der Waals surface area (Å²) in [6, 6.07) is 3.98. The zero-order valence-electron chi connectivity index (χ0n) is 15.5. The van der Waals surface area contributed by atoms with Crippen molar-refractivity contribution in [1.29, 1.82) is 0 Å². The van der Waals surface area contributed by atoms with Gasteiger partial charge < -0.3 is 18.8 Å². The Labute approximate surface area is 147 Å². The first-order chi connectivity index (χ1) is 11.9. The first-order valence-corrected chi connectivity index (χ1v) is 8.33. The number of nitrogens with zero attached hydrogens (tertiary/aromatic N) is 1. The van der Waals surface area contributed by atoms with Crippen LogP contribution in [0.2, 0.25) is 0 Å². The molecule has 0 aliphatic carbocycles. The van der Waals surface area contributed by atoms with Crippen LogP contribution in [0.1, 0.15) is 34.2 Å². The molecule has 0 saturated carbocycles. The van der Waals surface area contributed by atoms with Gasteiger partial charge in [-0.25, -0.2) is 0 Å². The van der Waals surface area contributed by atoms with Crippen LogP contribution in [0.4, 0.5) is 0 Å². The summed E-state index contributed by atoms with van der Waals surface area (Å²) in [5.41, 5.74) is 3.52. The number of amides is 1. The minimum atomic E-state index is -0.451. The van der Waals surface area contributed by atoms with E-state index in [1.165, 1.54) is 4.90 Å². The Morgan fingerprint density at radius 3 is 2.44 bits per heavy atom. The van der Waals surface area contributed by atoms with E-state index in [2.05, 4.69) is 0 Å². The second kappa shape index (κ2) is 8.16. The van der Waals surface area contributed by atoms with Crippen LogP contribution in [0.15, 0.2) is 16.5 Å². The lowest BCUT2D eigenvalue weighted by Gasteiger charge is -2.20. The molecule has 0 fully saturated rings. The molecule has 1 amide bonds. The topological polar surface area (TPSA) is 69.0 Å². The van der Waals surface area contributed by atoms with E-state index >= 15 is 0 Å². The molecule has 2 rings (SSSR count). The highest BCUT2D eigenvalue weighted by molar-refractivity contribution is 6.01. The van der Waals surface area contributed by atoms with Gasteiger partial charge in [0.2, 0.25) is 0 Å². The number of aryl methyl sites for hydroxylation is 3. The zero-order chi connectivity index (χ0) is 18.6. The van der Waals surface area contributed by atoms with E-state index in [4.69, 9.17) is 13.9 Å². The lowest BCUT2D eigenvalue weighted by Crippen LogP contribution is -2.38. The second-order valence-corrected chi connectivity index (χ2v) is 5.98. The molecule has 0 saturated heterocycles. The Balaban J connectivity index is 2.39. The van der Waals surface area contributed by atoms with E-state index in [1.54, 1.807) is 14.0 Å². The smallest absolute Gasteiger partial charge is 0.325 e. The molecule has 1 aromatic carbocycles. The molecule has 25 heavy (non-hydrogen) atoms. The lowest BCUT2D eigenvalue weighted by molar-refractivity contribution is -0.143. The van der Waals surface area contributed by atoms with Gasteiger partial charge in [-0.05, 0) is 38.8 Å². The fraction of sp³-hybridized carbons (Fsp3) is 0.474. The number of esters is 1. The molecule has 0 radical (unpaired) electrons. The van der Waals surface area contributed by atoms with Crippen molar-refractivity contribution in [1.82, 2.24) is 4.90 Å². The summed E-state index contributed by atoms with van der Waals surface area (Å²) in [5.74, 6) is -0.529.